The molecule has 1 amide bonds. The zero-order chi connectivity index (χ0) is 22.6. The smallest absolute Gasteiger partial charge is 0.261 e. The first-order valence-corrected chi connectivity index (χ1v) is 11.9. The minimum atomic E-state index is -3.75. The fourth-order valence-corrected chi connectivity index (χ4v) is 4.53. The molecule has 3 aromatic carbocycles. The molecule has 0 unspecified atom stereocenters. The number of rotatable bonds is 7. The van der Waals surface area contributed by atoms with Gasteiger partial charge in [0.25, 0.3) is 15.9 Å². The van der Waals surface area contributed by atoms with Crippen LogP contribution in [0, 0.1) is 13.8 Å². The summed E-state index contributed by atoms with van der Waals surface area (Å²) in [7, 11) is -3.75. The van der Waals surface area contributed by atoms with E-state index in [1.807, 2.05) is 26.8 Å². The summed E-state index contributed by atoms with van der Waals surface area (Å²) in [5.74, 6) is 0.119. The maximum Gasteiger partial charge on any atom is 0.261 e. The molecule has 6 nitrogen and oxygen atoms in total. The van der Waals surface area contributed by atoms with E-state index in [0.29, 0.717) is 29.3 Å². The summed E-state index contributed by atoms with van der Waals surface area (Å²) in [6.07, 6.45) is 0. The highest BCUT2D eigenvalue weighted by Gasteiger charge is 2.16. The zero-order valence-electron chi connectivity index (χ0n) is 17.4. The van der Waals surface area contributed by atoms with Crippen LogP contribution >= 0.6 is 15.9 Å². The molecule has 0 fully saturated rings. The van der Waals surface area contributed by atoms with Crippen molar-refractivity contribution in [2.24, 2.45) is 0 Å². The van der Waals surface area contributed by atoms with Crippen LogP contribution in [-0.4, -0.2) is 20.9 Å². The Hall–Kier alpha value is -2.84. The fourth-order valence-electron chi connectivity index (χ4n) is 3.12. The molecule has 0 aliphatic heterocycles. The molecule has 8 heteroatoms. The summed E-state index contributed by atoms with van der Waals surface area (Å²) in [4.78, 5) is 12.8. The first kappa shape index (κ1) is 22.8. The van der Waals surface area contributed by atoms with Gasteiger partial charge in [-0.15, -0.1) is 0 Å². The van der Waals surface area contributed by atoms with E-state index in [2.05, 4.69) is 26.0 Å². The molecule has 0 atom stereocenters. The van der Waals surface area contributed by atoms with Crippen molar-refractivity contribution < 1.29 is 17.9 Å². The van der Waals surface area contributed by atoms with E-state index in [-0.39, 0.29) is 10.8 Å². The zero-order valence-corrected chi connectivity index (χ0v) is 19.8. The average Bonchev–Trinajstić information content (AvgIpc) is 2.68. The minimum absolute atomic E-state index is 0.0992. The van der Waals surface area contributed by atoms with Crippen LogP contribution in [0.2, 0.25) is 0 Å². The van der Waals surface area contributed by atoms with Gasteiger partial charge in [0.1, 0.15) is 5.75 Å². The molecular formula is C23H23BrN2O4S. The molecule has 0 bridgehead atoms. The molecule has 31 heavy (non-hydrogen) atoms. The largest absolute Gasteiger partial charge is 0.493 e. The lowest BCUT2D eigenvalue weighted by molar-refractivity contribution is 0.102. The molecule has 0 saturated heterocycles. The standard InChI is InChI=1S/C23H23BrN2O4S/c1-4-30-22-10-5-17(24)14-21(22)23(27)25-18-6-8-20(9-7-18)31(28,29)26-19-12-15(2)11-16(3)13-19/h5-14,26H,4H2,1-3H3,(H,25,27). The molecule has 0 saturated carbocycles. The molecule has 0 heterocycles. The monoisotopic (exact) mass is 502 g/mol. The topological polar surface area (TPSA) is 84.5 Å². The quantitative estimate of drug-likeness (QED) is 0.445. The number of halogens is 1. The van der Waals surface area contributed by atoms with Crippen LogP contribution in [0.25, 0.3) is 0 Å². The molecule has 0 aromatic heterocycles. The van der Waals surface area contributed by atoms with Crippen molar-refractivity contribution in [3.05, 3.63) is 81.8 Å². The van der Waals surface area contributed by atoms with Crippen molar-refractivity contribution in [1.29, 1.82) is 0 Å². The number of hydrogen-bond acceptors (Lipinski definition) is 4. The normalized spacial score (nSPS) is 11.1. The second-order valence-electron chi connectivity index (χ2n) is 7.03. The summed E-state index contributed by atoms with van der Waals surface area (Å²) in [5.41, 5.74) is 3.29. The molecular weight excluding hydrogens is 480 g/mol. The van der Waals surface area contributed by atoms with Gasteiger partial charge in [0.05, 0.1) is 17.1 Å². The number of ether oxygens (including phenoxy) is 1. The van der Waals surface area contributed by atoms with Crippen molar-refractivity contribution in [3.8, 4) is 5.75 Å². The number of carbonyl (C=O) groups is 1. The first-order chi connectivity index (χ1) is 14.7. The number of nitrogens with one attached hydrogen (secondary N) is 2. The minimum Gasteiger partial charge on any atom is -0.493 e. The number of hydrogen-bond donors (Lipinski definition) is 2. The average molecular weight is 503 g/mol. The van der Waals surface area contributed by atoms with Crippen LogP contribution in [0.3, 0.4) is 0 Å². The van der Waals surface area contributed by atoms with Crippen LogP contribution in [-0.2, 0) is 10.0 Å². The van der Waals surface area contributed by atoms with Crippen molar-refractivity contribution >= 4 is 43.2 Å². The van der Waals surface area contributed by atoms with E-state index in [9.17, 15) is 13.2 Å². The Morgan fingerprint density at radius 3 is 2.19 bits per heavy atom. The van der Waals surface area contributed by atoms with Gasteiger partial charge < -0.3 is 10.1 Å². The summed E-state index contributed by atoms with van der Waals surface area (Å²) < 4.78 is 34.3. The number of anilines is 2. The highest BCUT2D eigenvalue weighted by molar-refractivity contribution is 9.10. The van der Waals surface area contributed by atoms with E-state index in [1.165, 1.54) is 12.1 Å². The lowest BCUT2D eigenvalue weighted by Gasteiger charge is -2.12. The molecule has 0 radical (unpaired) electrons. The molecule has 2 N–H and O–H groups in total. The molecule has 3 rings (SSSR count). The third-order valence-electron chi connectivity index (χ3n) is 4.38. The number of aryl methyl sites for hydroxylation is 2. The maximum atomic E-state index is 12.7. The Kier molecular flexibility index (Phi) is 7.02. The second kappa shape index (κ2) is 9.53. The summed E-state index contributed by atoms with van der Waals surface area (Å²) in [5, 5.41) is 2.77. The van der Waals surface area contributed by atoms with Gasteiger partial charge in [0.2, 0.25) is 0 Å². The Morgan fingerprint density at radius 1 is 0.935 bits per heavy atom. The van der Waals surface area contributed by atoms with Crippen molar-refractivity contribution in [2.75, 3.05) is 16.6 Å². The van der Waals surface area contributed by atoms with E-state index in [4.69, 9.17) is 4.74 Å². The van der Waals surface area contributed by atoms with Crippen LogP contribution in [0.1, 0.15) is 28.4 Å². The van der Waals surface area contributed by atoms with Gasteiger partial charge in [-0.3, -0.25) is 9.52 Å². The summed E-state index contributed by atoms with van der Waals surface area (Å²) in [6.45, 7) is 6.09. The van der Waals surface area contributed by atoms with Crippen LogP contribution < -0.4 is 14.8 Å². The number of carbonyl (C=O) groups excluding carboxylic acids is 1. The number of benzene rings is 3. The lowest BCUT2D eigenvalue weighted by Crippen LogP contribution is -2.15. The van der Waals surface area contributed by atoms with E-state index < -0.39 is 10.0 Å². The molecule has 0 aliphatic carbocycles. The molecule has 0 aliphatic rings. The maximum absolute atomic E-state index is 12.7. The Bertz CT molecular complexity index is 1190. The summed E-state index contributed by atoms with van der Waals surface area (Å²) in [6, 6.07) is 16.7. The van der Waals surface area contributed by atoms with Crippen molar-refractivity contribution in [1.82, 2.24) is 0 Å². The first-order valence-electron chi connectivity index (χ1n) is 9.63. The predicted octanol–water partition coefficient (Wildman–Crippen LogP) is 5.52. The van der Waals surface area contributed by atoms with Gasteiger partial charge in [-0.2, -0.15) is 0 Å². The van der Waals surface area contributed by atoms with E-state index in [1.54, 1.807) is 42.5 Å². The summed E-state index contributed by atoms with van der Waals surface area (Å²) >= 11 is 3.36. The van der Waals surface area contributed by atoms with Crippen LogP contribution in [0.4, 0.5) is 11.4 Å². The molecule has 3 aromatic rings. The predicted molar refractivity (Wildman–Crippen MR) is 126 cm³/mol. The van der Waals surface area contributed by atoms with Gasteiger partial charge in [0, 0.05) is 15.8 Å². The Morgan fingerprint density at radius 2 is 1.58 bits per heavy atom. The Labute approximate surface area is 190 Å². The van der Waals surface area contributed by atoms with Gasteiger partial charge in [0.15, 0.2) is 0 Å². The van der Waals surface area contributed by atoms with E-state index >= 15 is 0 Å². The Balaban J connectivity index is 1.77. The number of sulfonamides is 1. The second-order valence-corrected chi connectivity index (χ2v) is 9.63. The lowest BCUT2D eigenvalue weighted by atomic mass is 10.1. The highest BCUT2D eigenvalue weighted by Crippen LogP contribution is 2.25. The third-order valence-corrected chi connectivity index (χ3v) is 6.27. The van der Waals surface area contributed by atoms with Gasteiger partial charge in [-0.1, -0.05) is 22.0 Å². The molecule has 0 spiro atoms. The van der Waals surface area contributed by atoms with Crippen molar-refractivity contribution in [3.63, 3.8) is 0 Å². The molecule has 162 valence electrons. The van der Waals surface area contributed by atoms with E-state index in [0.717, 1.165) is 15.6 Å². The van der Waals surface area contributed by atoms with Gasteiger partial charge >= 0.3 is 0 Å². The van der Waals surface area contributed by atoms with Gasteiger partial charge in [-0.25, -0.2) is 8.42 Å². The SMILES string of the molecule is CCOc1ccc(Br)cc1C(=O)Nc1ccc(S(=O)(=O)Nc2cc(C)cc(C)c2)cc1. The van der Waals surface area contributed by atoms with Crippen LogP contribution in [0.5, 0.6) is 5.75 Å². The van der Waals surface area contributed by atoms with Crippen LogP contribution in [0.15, 0.2) is 70.0 Å². The van der Waals surface area contributed by atoms with Gasteiger partial charge in [-0.05, 0) is 86.5 Å². The highest BCUT2D eigenvalue weighted by atomic mass is 79.9. The number of amides is 1. The van der Waals surface area contributed by atoms with Crippen molar-refractivity contribution in [2.45, 2.75) is 25.7 Å². The third kappa shape index (κ3) is 5.86. The fraction of sp³-hybridized carbons (Fsp3) is 0.174.